The second kappa shape index (κ2) is 17.3. The van der Waals surface area contributed by atoms with Gasteiger partial charge < -0.3 is 9.80 Å². The Morgan fingerprint density at radius 2 is 1.03 bits per heavy atom. The Bertz CT molecular complexity index is 2860. The molecular formula is C41H45N2O12S4+. The molecule has 5 rings (SSSR count). The summed E-state index contributed by atoms with van der Waals surface area (Å²) in [6.45, 7) is 4.15. The van der Waals surface area contributed by atoms with Crippen molar-refractivity contribution in [2.45, 2.75) is 54.5 Å². The zero-order chi connectivity index (χ0) is 43.8. The third kappa shape index (κ3) is 11.0. The molecule has 0 saturated heterocycles. The molecule has 59 heavy (non-hydrogen) atoms. The Hall–Kier alpha value is -4.47. The predicted molar refractivity (Wildman–Crippen MR) is 224 cm³/mol. The SMILES string of the molecule is Cc1ccc(S(=O)(=O)O)cc1Cc1ccc(C(=C2C=CC=C[C+]2S(=O)(=O)O)c2ccc(Cc3cc(S(=O)(=O)O)c(S(=O)(=O)O)cc3C)c(CN(C)C)c2)cc1CN(C)C. The summed E-state index contributed by atoms with van der Waals surface area (Å²) in [6.07, 6.45) is 6.39. The molecule has 1 aliphatic carbocycles. The molecule has 0 fully saturated rings. The molecule has 0 aromatic heterocycles. The Labute approximate surface area is 346 Å². The minimum atomic E-state index is -5.07. The largest absolute Gasteiger partial charge is 0.331 e. The second-order valence-corrected chi connectivity index (χ2v) is 20.5. The van der Waals surface area contributed by atoms with Crippen molar-refractivity contribution in [3.05, 3.63) is 157 Å². The number of rotatable bonds is 14. The molecule has 0 saturated carbocycles. The van der Waals surface area contributed by atoms with Crippen molar-refractivity contribution in [2.75, 3.05) is 28.2 Å². The molecule has 0 radical (unpaired) electrons. The average Bonchev–Trinajstić information content (AvgIpc) is 3.10. The molecule has 0 spiro atoms. The van der Waals surface area contributed by atoms with Gasteiger partial charge in [-0.2, -0.15) is 33.7 Å². The number of aryl methyl sites for hydroxylation is 2. The van der Waals surface area contributed by atoms with E-state index in [-0.39, 0.29) is 22.1 Å². The first-order valence-electron chi connectivity index (χ1n) is 17.9. The molecule has 0 heterocycles. The van der Waals surface area contributed by atoms with E-state index >= 15 is 0 Å². The fourth-order valence-corrected chi connectivity index (χ4v) is 10.1. The fraction of sp³-hybridized carbons (Fsp3) is 0.244. The maximum absolute atomic E-state index is 12.9. The van der Waals surface area contributed by atoms with E-state index < -0.39 is 50.3 Å². The van der Waals surface area contributed by atoms with Crippen molar-refractivity contribution in [1.82, 2.24) is 9.80 Å². The lowest BCUT2D eigenvalue weighted by atomic mass is 9.85. The molecule has 0 amide bonds. The van der Waals surface area contributed by atoms with Gasteiger partial charge in [-0.1, -0.05) is 18.2 Å². The van der Waals surface area contributed by atoms with Crippen LogP contribution in [0.5, 0.6) is 0 Å². The summed E-state index contributed by atoms with van der Waals surface area (Å²) in [7, 11) is -11.9. The van der Waals surface area contributed by atoms with Crippen LogP contribution in [0.4, 0.5) is 0 Å². The van der Waals surface area contributed by atoms with Crippen LogP contribution >= 0.6 is 0 Å². The first kappa shape index (κ1) is 45.6. The van der Waals surface area contributed by atoms with Crippen molar-refractivity contribution in [2.24, 2.45) is 0 Å². The van der Waals surface area contributed by atoms with E-state index in [0.29, 0.717) is 58.5 Å². The lowest BCUT2D eigenvalue weighted by molar-refractivity contribution is 0.401. The third-order valence-electron chi connectivity index (χ3n) is 9.74. The number of hydrogen-bond donors (Lipinski definition) is 4. The van der Waals surface area contributed by atoms with Gasteiger partial charge in [0.05, 0.1) is 10.5 Å². The van der Waals surface area contributed by atoms with Crippen LogP contribution in [0.25, 0.3) is 5.57 Å². The number of allylic oxidation sites excluding steroid dienone is 3. The van der Waals surface area contributed by atoms with Gasteiger partial charge in [-0.3, -0.25) is 18.2 Å². The molecule has 1 aliphatic rings. The van der Waals surface area contributed by atoms with Crippen molar-refractivity contribution >= 4 is 46.0 Å². The van der Waals surface area contributed by atoms with Gasteiger partial charge in [-0.25, -0.2) is 0 Å². The first-order valence-corrected chi connectivity index (χ1v) is 23.6. The van der Waals surface area contributed by atoms with Crippen LogP contribution in [0, 0.1) is 19.1 Å². The zero-order valence-corrected chi connectivity index (χ0v) is 36.3. The van der Waals surface area contributed by atoms with Crippen molar-refractivity contribution < 1.29 is 51.9 Å². The van der Waals surface area contributed by atoms with E-state index in [9.17, 15) is 51.9 Å². The van der Waals surface area contributed by atoms with E-state index in [2.05, 4.69) is 0 Å². The molecule has 4 N–H and O–H groups in total. The van der Waals surface area contributed by atoms with Crippen LogP contribution in [-0.4, -0.2) is 89.9 Å². The van der Waals surface area contributed by atoms with E-state index in [1.54, 1.807) is 30.4 Å². The zero-order valence-electron chi connectivity index (χ0n) is 33.1. The molecule has 314 valence electrons. The fourth-order valence-electron chi connectivity index (χ4n) is 6.97. The van der Waals surface area contributed by atoms with E-state index in [0.717, 1.165) is 34.4 Å². The summed E-state index contributed by atoms with van der Waals surface area (Å²) in [5, 5.41) is -0.337. The minimum absolute atomic E-state index is 0.0698. The van der Waals surface area contributed by atoms with E-state index in [4.69, 9.17) is 0 Å². The van der Waals surface area contributed by atoms with E-state index in [1.807, 2.05) is 69.2 Å². The third-order valence-corrected chi connectivity index (χ3v) is 13.4. The van der Waals surface area contributed by atoms with Gasteiger partial charge in [0.25, 0.3) is 30.4 Å². The summed E-state index contributed by atoms with van der Waals surface area (Å²) in [5.41, 5.74) is 7.01. The minimum Gasteiger partial charge on any atom is -0.305 e. The number of nitrogens with zero attached hydrogens (tertiary/aromatic N) is 2. The monoisotopic (exact) mass is 885 g/mol. The van der Waals surface area contributed by atoms with Gasteiger partial charge in [-0.15, -0.1) is 0 Å². The van der Waals surface area contributed by atoms with Gasteiger partial charge in [-0.05, 0) is 148 Å². The summed E-state index contributed by atoms with van der Waals surface area (Å²) >= 11 is 0. The van der Waals surface area contributed by atoms with Gasteiger partial charge in [0.1, 0.15) is 15.4 Å². The highest BCUT2D eigenvalue weighted by Crippen LogP contribution is 2.39. The van der Waals surface area contributed by atoms with Crippen LogP contribution in [-0.2, 0) is 66.4 Å². The molecule has 4 aromatic rings. The highest BCUT2D eigenvalue weighted by atomic mass is 32.2. The Morgan fingerprint density at radius 1 is 0.542 bits per heavy atom. The van der Waals surface area contributed by atoms with Crippen molar-refractivity contribution in [3.63, 3.8) is 0 Å². The van der Waals surface area contributed by atoms with Gasteiger partial charge in [0.2, 0.25) is 0 Å². The second-order valence-electron chi connectivity index (χ2n) is 14.9. The normalized spacial score (nSPS) is 14.7. The Morgan fingerprint density at radius 3 is 1.49 bits per heavy atom. The summed E-state index contributed by atoms with van der Waals surface area (Å²) in [4.78, 5) is 1.67. The standard InChI is InChI=1S/C41H44N2O12S4/c1-26-11-16-36(56(44,45)46)22-32(26)18-28-12-14-30(20-34(28)24-42(3)4)41(37-9-7-8-10-38(37)57(47,48)49)31-15-13-29(35(21-31)25-43(5)6)19-33-23-40(59(53,54)55)39(17-27(33)2)58(50,51)52/h7-17,20-23H,18-19,24-25H2,1-6H3,(H3-,44,45,46,47,48,49,50,51,52,53,54,55)/p+1. The summed E-state index contributed by atoms with van der Waals surface area (Å²) in [5.74, 6) is 0. The van der Waals surface area contributed by atoms with Crippen molar-refractivity contribution in [1.29, 1.82) is 0 Å². The van der Waals surface area contributed by atoms with Crippen LogP contribution in [0.15, 0.2) is 111 Å². The summed E-state index contributed by atoms with van der Waals surface area (Å²) < 4.78 is 138. The van der Waals surface area contributed by atoms with Crippen LogP contribution in [0.3, 0.4) is 0 Å². The Kier molecular flexibility index (Phi) is 13.3. The van der Waals surface area contributed by atoms with Crippen LogP contribution in [0.1, 0.15) is 55.6 Å². The Balaban J connectivity index is 1.74. The van der Waals surface area contributed by atoms with Gasteiger partial charge >= 0.3 is 10.1 Å². The van der Waals surface area contributed by atoms with Gasteiger partial charge in [0, 0.05) is 48.5 Å². The summed E-state index contributed by atoms with van der Waals surface area (Å²) in [6, 6.07) is 17.3. The number of hydrogen-bond acceptors (Lipinski definition) is 10. The lowest BCUT2D eigenvalue weighted by Crippen LogP contribution is -2.16. The molecule has 0 aliphatic heterocycles. The highest BCUT2D eigenvalue weighted by molar-refractivity contribution is 7.89. The first-order chi connectivity index (χ1) is 27.2. The molecule has 0 atom stereocenters. The highest BCUT2D eigenvalue weighted by Gasteiger charge is 2.36. The van der Waals surface area contributed by atoms with E-state index in [1.165, 1.54) is 31.2 Å². The molecule has 4 aromatic carbocycles. The molecule has 0 unspecified atom stereocenters. The lowest BCUT2D eigenvalue weighted by Gasteiger charge is -2.20. The quantitative estimate of drug-likeness (QED) is 0.0882. The topological polar surface area (TPSA) is 224 Å². The molecular weight excluding hydrogens is 841 g/mol. The average molecular weight is 886 g/mol. The molecule has 0 bridgehead atoms. The molecule has 14 nitrogen and oxygen atoms in total. The maximum Gasteiger partial charge on any atom is 0.331 e. The van der Waals surface area contributed by atoms with Crippen molar-refractivity contribution in [3.8, 4) is 0 Å². The van der Waals surface area contributed by atoms with Crippen LogP contribution < -0.4 is 0 Å². The predicted octanol–water partition coefficient (Wildman–Crippen LogP) is 5.70. The van der Waals surface area contributed by atoms with Gasteiger partial charge in [0.15, 0.2) is 5.25 Å². The molecule has 18 heteroatoms. The smallest absolute Gasteiger partial charge is 0.305 e. The number of benzene rings is 4. The van der Waals surface area contributed by atoms with Crippen LogP contribution in [0.2, 0.25) is 0 Å². The maximum atomic E-state index is 12.9.